The Morgan fingerprint density at radius 1 is 1.33 bits per heavy atom. The summed E-state index contributed by atoms with van der Waals surface area (Å²) in [5.74, 6) is 1.61. The molecule has 0 aliphatic heterocycles. The van der Waals surface area contributed by atoms with Crippen molar-refractivity contribution in [2.75, 3.05) is 13.1 Å². The predicted octanol–water partition coefficient (Wildman–Crippen LogP) is 2.89. The van der Waals surface area contributed by atoms with Crippen LogP contribution in [0.4, 0.5) is 0 Å². The van der Waals surface area contributed by atoms with Gasteiger partial charge in [0.05, 0.1) is 10.9 Å². The minimum Gasteiger partial charge on any atom is -0.342 e. The quantitative estimate of drug-likeness (QED) is 0.811. The monoisotopic (exact) mass is 327 g/mol. The molecule has 1 N–H and O–H groups in total. The molecule has 1 aliphatic rings. The second kappa shape index (κ2) is 7.60. The number of aryl methyl sites for hydroxylation is 1. The SMILES string of the molecule is CCCN(CC1CC1)C(=O)CCCc1nc2ccccc2c(=O)[nH]1. The molecule has 1 amide bonds. The van der Waals surface area contributed by atoms with Crippen LogP contribution in [0.2, 0.25) is 0 Å². The highest BCUT2D eigenvalue weighted by atomic mass is 16.2. The summed E-state index contributed by atoms with van der Waals surface area (Å²) >= 11 is 0. The van der Waals surface area contributed by atoms with E-state index in [2.05, 4.69) is 16.9 Å². The van der Waals surface area contributed by atoms with Gasteiger partial charge in [0.25, 0.3) is 5.56 Å². The van der Waals surface area contributed by atoms with Crippen molar-refractivity contribution in [2.24, 2.45) is 5.92 Å². The number of aromatic amines is 1. The first-order valence-electron chi connectivity index (χ1n) is 8.93. The van der Waals surface area contributed by atoms with E-state index < -0.39 is 0 Å². The number of nitrogens with one attached hydrogen (secondary N) is 1. The van der Waals surface area contributed by atoms with E-state index in [1.54, 1.807) is 6.07 Å². The van der Waals surface area contributed by atoms with Gasteiger partial charge in [-0.1, -0.05) is 19.1 Å². The zero-order valence-electron chi connectivity index (χ0n) is 14.3. The van der Waals surface area contributed by atoms with Crippen LogP contribution in [0.1, 0.15) is 44.9 Å². The molecule has 1 saturated carbocycles. The molecule has 0 saturated heterocycles. The molecule has 1 aromatic carbocycles. The maximum Gasteiger partial charge on any atom is 0.258 e. The highest BCUT2D eigenvalue weighted by Gasteiger charge is 2.26. The normalized spacial score (nSPS) is 14.0. The fraction of sp³-hybridized carbons (Fsp3) is 0.526. The molecule has 2 aromatic rings. The Morgan fingerprint density at radius 3 is 2.88 bits per heavy atom. The average molecular weight is 327 g/mol. The van der Waals surface area contributed by atoms with Crippen molar-refractivity contribution in [3.05, 3.63) is 40.4 Å². The van der Waals surface area contributed by atoms with Crippen molar-refractivity contribution in [3.8, 4) is 0 Å². The summed E-state index contributed by atoms with van der Waals surface area (Å²) in [4.78, 5) is 33.8. The molecule has 0 radical (unpaired) electrons. The van der Waals surface area contributed by atoms with Crippen LogP contribution in [0.3, 0.4) is 0 Å². The minimum atomic E-state index is -0.108. The van der Waals surface area contributed by atoms with E-state index >= 15 is 0 Å². The number of para-hydroxylation sites is 1. The molecule has 1 fully saturated rings. The van der Waals surface area contributed by atoms with E-state index in [4.69, 9.17) is 0 Å². The third-order valence-electron chi connectivity index (χ3n) is 4.49. The van der Waals surface area contributed by atoms with E-state index in [1.807, 2.05) is 23.1 Å². The number of hydrogen-bond acceptors (Lipinski definition) is 3. The topological polar surface area (TPSA) is 66.1 Å². The van der Waals surface area contributed by atoms with Gasteiger partial charge in [-0.2, -0.15) is 0 Å². The predicted molar refractivity (Wildman–Crippen MR) is 94.9 cm³/mol. The first-order valence-corrected chi connectivity index (χ1v) is 8.93. The molecule has 0 atom stereocenters. The maximum atomic E-state index is 12.4. The van der Waals surface area contributed by atoms with E-state index in [0.29, 0.717) is 36.0 Å². The third kappa shape index (κ3) is 4.22. The van der Waals surface area contributed by atoms with Crippen molar-refractivity contribution in [3.63, 3.8) is 0 Å². The van der Waals surface area contributed by atoms with Crippen LogP contribution >= 0.6 is 0 Å². The van der Waals surface area contributed by atoms with Crippen LogP contribution in [-0.2, 0) is 11.2 Å². The Bertz CT molecular complexity index is 765. The second-order valence-corrected chi connectivity index (χ2v) is 6.67. The van der Waals surface area contributed by atoms with Crippen LogP contribution in [0.15, 0.2) is 29.1 Å². The summed E-state index contributed by atoms with van der Waals surface area (Å²) in [5, 5.41) is 0.607. The molecule has 0 spiro atoms. The number of rotatable bonds is 8. The van der Waals surface area contributed by atoms with Gasteiger partial charge in [0.1, 0.15) is 5.82 Å². The standard InChI is InChI=1S/C19H25N3O2/c1-2-12-22(13-14-10-11-14)18(23)9-5-8-17-20-16-7-4-3-6-15(16)19(24)21-17/h3-4,6-7,14H,2,5,8-13H2,1H3,(H,20,21,24). The molecular formula is C19H25N3O2. The Morgan fingerprint density at radius 2 is 2.12 bits per heavy atom. The first kappa shape index (κ1) is 16.7. The number of nitrogens with zero attached hydrogens (tertiary/aromatic N) is 2. The van der Waals surface area contributed by atoms with E-state index in [1.165, 1.54) is 12.8 Å². The number of carbonyl (C=O) groups is 1. The van der Waals surface area contributed by atoms with Gasteiger partial charge in [0.15, 0.2) is 0 Å². The summed E-state index contributed by atoms with van der Waals surface area (Å²) in [7, 11) is 0. The highest BCUT2D eigenvalue weighted by molar-refractivity contribution is 5.77. The Hall–Kier alpha value is -2.17. The summed E-state index contributed by atoms with van der Waals surface area (Å²) < 4.78 is 0. The van der Waals surface area contributed by atoms with Gasteiger partial charge in [0.2, 0.25) is 5.91 Å². The number of hydrogen-bond donors (Lipinski definition) is 1. The van der Waals surface area contributed by atoms with Gasteiger partial charge >= 0.3 is 0 Å². The first-order chi connectivity index (χ1) is 11.7. The van der Waals surface area contributed by atoms with Gasteiger partial charge < -0.3 is 9.88 Å². The van der Waals surface area contributed by atoms with E-state index in [-0.39, 0.29) is 11.5 Å². The Labute approximate surface area is 142 Å². The van der Waals surface area contributed by atoms with Crippen molar-refractivity contribution < 1.29 is 4.79 Å². The number of benzene rings is 1. The molecule has 1 heterocycles. The molecule has 128 valence electrons. The molecule has 1 aliphatic carbocycles. The average Bonchev–Trinajstić information content (AvgIpc) is 3.38. The van der Waals surface area contributed by atoms with Crippen LogP contribution in [0.5, 0.6) is 0 Å². The number of carbonyl (C=O) groups excluding carboxylic acids is 1. The van der Waals surface area contributed by atoms with E-state index in [0.717, 1.165) is 25.4 Å². The molecule has 5 heteroatoms. The summed E-state index contributed by atoms with van der Waals surface area (Å²) in [6, 6.07) is 7.33. The fourth-order valence-electron chi connectivity index (χ4n) is 3.02. The Balaban J connectivity index is 1.57. The lowest BCUT2D eigenvalue weighted by atomic mass is 10.2. The van der Waals surface area contributed by atoms with Crippen LogP contribution < -0.4 is 5.56 Å². The van der Waals surface area contributed by atoms with Gasteiger partial charge in [-0.15, -0.1) is 0 Å². The maximum absolute atomic E-state index is 12.4. The van der Waals surface area contributed by atoms with E-state index in [9.17, 15) is 9.59 Å². The largest absolute Gasteiger partial charge is 0.342 e. The number of amides is 1. The molecular weight excluding hydrogens is 302 g/mol. The van der Waals surface area contributed by atoms with Crippen molar-refractivity contribution in [1.82, 2.24) is 14.9 Å². The van der Waals surface area contributed by atoms with Crippen molar-refractivity contribution in [2.45, 2.75) is 45.4 Å². The third-order valence-corrected chi connectivity index (χ3v) is 4.49. The lowest BCUT2D eigenvalue weighted by Crippen LogP contribution is -2.33. The molecule has 0 bridgehead atoms. The molecule has 5 nitrogen and oxygen atoms in total. The lowest BCUT2D eigenvalue weighted by Gasteiger charge is -2.22. The molecule has 24 heavy (non-hydrogen) atoms. The van der Waals surface area contributed by atoms with Gasteiger partial charge in [0, 0.05) is 25.9 Å². The van der Waals surface area contributed by atoms with Crippen LogP contribution in [0.25, 0.3) is 10.9 Å². The zero-order valence-corrected chi connectivity index (χ0v) is 14.3. The van der Waals surface area contributed by atoms with Crippen LogP contribution in [-0.4, -0.2) is 33.9 Å². The van der Waals surface area contributed by atoms with Gasteiger partial charge in [-0.3, -0.25) is 9.59 Å². The summed E-state index contributed by atoms with van der Waals surface area (Å²) in [6.07, 6.45) is 5.37. The number of fused-ring (bicyclic) bond motifs is 1. The summed E-state index contributed by atoms with van der Waals surface area (Å²) in [5.41, 5.74) is 0.604. The van der Waals surface area contributed by atoms with Crippen molar-refractivity contribution in [1.29, 1.82) is 0 Å². The van der Waals surface area contributed by atoms with Crippen LogP contribution in [0, 0.1) is 5.92 Å². The molecule has 3 rings (SSSR count). The summed E-state index contributed by atoms with van der Waals surface area (Å²) in [6.45, 7) is 3.87. The van der Waals surface area contributed by atoms with Gasteiger partial charge in [-0.25, -0.2) is 4.98 Å². The minimum absolute atomic E-state index is 0.108. The lowest BCUT2D eigenvalue weighted by molar-refractivity contribution is -0.131. The smallest absolute Gasteiger partial charge is 0.258 e. The Kier molecular flexibility index (Phi) is 5.28. The van der Waals surface area contributed by atoms with Crippen molar-refractivity contribution >= 4 is 16.8 Å². The second-order valence-electron chi connectivity index (χ2n) is 6.67. The highest BCUT2D eigenvalue weighted by Crippen LogP contribution is 2.30. The molecule has 0 unspecified atom stereocenters. The molecule has 1 aromatic heterocycles. The number of H-pyrrole nitrogens is 1. The van der Waals surface area contributed by atoms with Gasteiger partial charge in [-0.05, 0) is 43.7 Å². The number of aromatic nitrogens is 2. The zero-order chi connectivity index (χ0) is 16.9. The fourth-order valence-corrected chi connectivity index (χ4v) is 3.02.